The third-order valence-corrected chi connectivity index (χ3v) is 4.82. The Kier molecular flexibility index (Phi) is 4.50. The van der Waals surface area contributed by atoms with Crippen LogP contribution in [0.5, 0.6) is 5.75 Å². The Morgan fingerprint density at radius 1 is 0.963 bits per heavy atom. The zero-order chi connectivity index (χ0) is 18.8. The lowest BCUT2D eigenvalue weighted by atomic mass is 10.1. The fraction of sp³-hybridized carbons (Fsp3) is 0.250. The standard InChI is InChI=1S/C20H21N5O2/c1-23-18(19(21-22-23)16-7-9-17(26)10-8-16)14-25-12-11-24(20(25)27)13-15-5-3-2-4-6-15/h2-10,26H,11-14H2,1H3. The third-order valence-electron chi connectivity index (χ3n) is 4.82. The number of phenols is 1. The van der Waals surface area contributed by atoms with Crippen molar-refractivity contribution in [3.63, 3.8) is 0 Å². The number of aromatic hydroxyl groups is 1. The molecule has 0 radical (unpaired) electrons. The van der Waals surface area contributed by atoms with E-state index in [1.807, 2.05) is 47.2 Å². The molecule has 1 aliphatic rings. The number of carbonyl (C=O) groups excluding carboxylic acids is 1. The van der Waals surface area contributed by atoms with Gasteiger partial charge in [0.05, 0.1) is 12.2 Å². The van der Waals surface area contributed by atoms with Gasteiger partial charge >= 0.3 is 6.03 Å². The summed E-state index contributed by atoms with van der Waals surface area (Å²) >= 11 is 0. The Labute approximate surface area is 157 Å². The van der Waals surface area contributed by atoms with Crippen LogP contribution in [-0.4, -0.2) is 49.0 Å². The molecule has 1 aliphatic heterocycles. The van der Waals surface area contributed by atoms with E-state index in [2.05, 4.69) is 10.3 Å². The molecule has 27 heavy (non-hydrogen) atoms. The number of nitrogens with zero attached hydrogens (tertiary/aromatic N) is 5. The second-order valence-electron chi connectivity index (χ2n) is 6.67. The van der Waals surface area contributed by atoms with E-state index in [4.69, 9.17) is 0 Å². The van der Waals surface area contributed by atoms with Crippen molar-refractivity contribution in [3.05, 3.63) is 65.9 Å². The van der Waals surface area contributed by atoms with Crippen LogP contribution in [0.3, 0.4) is 0 Å². The number of benzene rings is 2. The first-order chi connectivity index (χ1) is 13.1. The summed E-state index contributed by atoms with van der Waals surface area (Å²) in [6.45, 7) is 2.44. The number of hydrogen-bond donors (Lipinski definition) is 1. The highest BCUT2D eigenvalue weighted by Crippen LogP contribution is 2.25. The molecule has 1 N–H and O–H groups in total. The van der Waals surface area contributed by atoms with Crippen LogP contribution in [0.15, 0.2) is 54.6 Å². The maximum Gasteiger partial charge on any atom is 0.320 e. The first kappa shape index (κ1) is 17.1. The summed E-state index contributed by atoms with van der Waals surface area (Å²) in [5.41, 5.74) is 3.59. The van der Waals surface area contributed by atoms with E-state index in [-0.39, 0.29) is 11.8 Å². The monoisotopic (exact) mass is 363 g/mol. The molecule has 2 amide bonds. The smallest absolute Gasteiger partial charge is 0.320 e. The molecule has 3 aromatic rings. The SMILES string of the molecule is Cn1nnc(-c2ccc(O)cc2)c1CN1CCN(Cc2ccccc2)C1=O. The van der Waals surface area contributed by atoms with Crippen LogP contribution in [0, 0.1) is 0 Å². The molecule has 2 aromatic carbocycles. The van der Waals surface area contributed by atoms with Gasteiger partial charge in [-0.3, -0.25) is 0 Å². The van der Waals surface area contributed by atoms with Gasteiger partial charge in [-0.25, -0.2) is 9.48 Å². The highest BCUT2D eigenvalue weighted by molar-refractivity contribution is 5.77. The number of aromatic nitrogens is 3. The molecule has 0 aliphatic carbocycles. The Hall–Kier alpha value is -3.35. The molecule has 7 nitrogen and oxygen atoms in total. The van der Waals surface area contributed by atoms with Gasteiger partial charge in [0.15, 0.2) is 0 Å². The Morgan fingerprint density at radius 2 is 1.63 bits per heavy atom. The lowest BCUT2D eigenvalue weighted by Gasteiger charge is -2.19. The van der Waals surface area contributed by atoms with E-state index >= 15 is 0 Å². The summed E-state index contributed by atoms with van der Waals surface area (Å²) in [7, 11) is 1.83. The predicted molar refractivity (Wildman–Crippen MR) is 101 cm³/mol. The quantitative estimate of drug-likeness (QED) is 0.756. The summed E-state index contributed by atoms with van der Waals surface area (Å²) in [6.07, 6.45) is 0. The van der Waals surface area contributed by atoms with Gasteiger partial charge in [-0.15, -0.1) is 5.10 Å². The molecule has 1 fully saturated rings. The van der Waals surface area contributed by atoms with Gasteiger partial charge in [-0.1, -0.05) is 35.5 Å². The van der Waals surface area contributed by atoms with E-state index in [9.17, 15) is 9.90 Å². The molecule has 0 unspecified atom stereocenters. The largest absolute Gasteiger partial charge is 0.508 e. The van der Waals surface area contributed by atoms with E-state index < -0.39 is 0 Å². The maximum atomic E-state index is 12.8. The number of urea groups is 1. The Bertz CT molecular complexity index is 937. The Balaban J connectivity index is 1.51. The average molecular weight is 363 g/mol. The lowest BCUT2D eigenvalue weighted by molar-refractivity contribution is 0.188. The third kappa shape index (κ3) is 3.48. The van der Waals surface area contributed by atoms with Crippen LogP contribution in [-0.2, 0) is 20.1 Å². The van der Waals surface area contributed by atoms with Crippen LogP contribution in [0.2, 0.25) is 0 Å². The van der Waals surface area contributed by atoms with E-state index in [0.717, 1.165) is 22.5 Å². The van der Waals surface area contributed by atoms with Crippen molar-refractivity contribution < 1.29 is 9.90 Å². The number of phenolic OH excluding ortho intramolecular Hbond substituents is 1. The molecule has 4 rings (SSSR count). The van der Waals surface area contributed by atoms with E-state index in [1.54, 1.807) is 28.9 Å². The van der Waals surface area contributed by atoms with E-state index in [0.29, 0.717) is 26.2 Å². The molecule has 1 aromatic heterocycles. The van der Waals surface area contributed by atoms with Gasteiger partial charge in [-0.05, 0) is 29.8 Å². The number of rotatable bonds is 5. The van der Waals surface area contributed by atoms with Crippen LogP contribution in [0.1, 0.15) is 11.3 Å². The highest BCUT2D eigenvalue weighted by atomic mass is 16.3. The van der Waals surface area contributed by atoms with Crippen LogP contribution in [0.4, 0.5) is 4.79 Å². The summed E-state index contributed by atoms with van der Waals surface area (Å²) < 4.78 is 1.70. The van der Waals surface area contributed by atoms with Crippen molar-refractivity contribution in [2.45, 2.75) is 13.1 Å². The fourth-order valence-corrected chi connectivity index (χ4v) is 3.31. The van der Waals surface area contributed by atoms with Crippen LogP contribution < -0.4 is 0 Å². The topological polar surface area (TPSA) is 74.5 Å². The number of aryl methyl sites for hydroxylation is 1. The minimum Gasteiger partial charge on any atom is -0.508 e. The summed E-state index contributed by atoms with van der Waals surface area (Å²) in [6, 6.07) is 16.9. The second kappa shape index (κ2) is 7.11. The van der Waals surface area contributed by atoms with Crippen molar-refractivity contribution >= 4 is 6.03 Å². The normalized spacial score (nSPS) is 14.2. The molecule has 0 spiro atoms. The molecular formula is C20H21N5O2. The molecule has 0 bridgehead atoms. The minimum absolute atomic E-state index is 0.0247. The minimum atomic E-state index is 0.0247. The van der Waals surface area contributed by atoms with Gasteiger partial charge in [0.2, 0.25) is 0 Å². The zero-order valence-corrected chi connectivity index (χ0v) is 15.1. The first-order valence-corrected chi connectivity index (χ1v) is 8.87. The van der Waals surface area contributed by atoms with Crippen molar-refractivity contribution in [1.82, 2.24) is 24.8 Å². The first-order valence-electron chi connectivity index (χ1n) is 8.87. The summed E-state index contributed by atoms with van der Waals surface area (Å²) in [4.78, 5) is 16.5. The highest BCUT2D eigenvalue weighted by Gasteiger charge is 2.30. The van der Waals surface area contributed by atoms with Crippen molar-refractivity contribution in [2.75, 3.05) is 13.1 Å². The van der Waals surface area contributed by atoms with Gasteiger partial charge in [-0.2, -0.15) is 0 Å². The summed E-state index contributed by atoms with van der Waals surface area (Å²) in [5.74, 6) is 0.204. The summed E-state index contributed by atoms with van der Waals surface area (Å²) in [5, 5.41) is 17.9. The van der Waals surface area contributed by atoms with Gasteiger partial charge in [0.1, 0.15) is 11.4 Å². The molecule has 0 atom stereocenters. The van der Waals surface area contributed by atoms with Gasteiger partial charge in [0, 0.05) is 32.2 Å². The van der Waals surface area contributed by atoms with Crippen molar-refractivity contribution in [3.8, 4) is 17.0 Å². The number of carbonyl (C=O) groups is 1. The molecule has 2 heterocycles. The lowest BCUT2D eigenvalue weighted by Crippen LogP contribution is -2.31. The second-order valence-corrected chi connectivity index (χ2v) is 6.67. The molecular weight excluding hydrogens is 342 g/mol. The molecule has 7 heteroatoms. The molecule has 138 valence electrons. The fourth-order valence-electron chi connectivity index (χ4n) is 3.31. The van der Waals surface area contributed by atoms with Crippen molar-refractivity contribution in [2.24, 2.45) is 7.05 Å². The Morgan fingerprint density at radius 3 is 2.33 bits per heavy atom. The van der Waals surface area contributed by atoms with Crippen LogP contribution >= 0.6 is 0 Å². The molecule has 0 saturated carbocycles. The van der Waals surface area contributed by atoms with Crippen LogP contribution in [0.25, 0.3) is 11.3 Å². The molecule has 1 saturated heterocycles. The van der Waals surface area contributed by atoms with Gasteiger partial charge < -0.3 is 14.9 Å². The maximum absolute atomic E-state index is 12.8. The number of amides is 2. The van der Waals surface area contributed by atoms with Crippen molar-refractivity contribution in [1.29, 1.82) is 0 Å². The number of hydrogen-bond acceptors (Lipinski definition) is 4. The zero-order valence-electron chi connectivity index (χ0n) is 15.1. The predicted octanol–water partition coefficient (Wildman–Crippen LogP) is 2.63. The average Bonchev–Trinajstić information content (AvgIpc) is 3.21. The van der Waals surface area contributed by atoms with Gasteiger partial charge in [0.25, 0.3) is 0 Å². The van der Waals surface area contributed by atoms with E-state index in [1.165, 1.54) is 0 Å².